The van der Waals surface area contributed by atoms with Crippen LogP contribution >= 0.6 is 27.5 Å². The molecule has 2 N–H and O–H groups in total. The first-order chi connectivity index (χ1) is 7.16. The number of benzene rings is 1. The fraction of sp³-hybridized carbons (Fsp3) is 0.100. The Morgan fingerprint density at radius 2 is 2.20 bits per heavy atom. The van der Waals surface area contributed by atoms with Gasteiger partial charge in [-0.25, -0.2) is 4.68 Å². The van der Waals surface area contributed by atoms with Gasteiger partial charge in [0.1, 0.15) is 5.82 Å². The molecule has 0 aliphatic rings. The molecule has 0 saturated carbocycles. The number of nitrogens with zero attached hydrogens (tertiary/aromatic N) is 2. The van der Waals surface area contributed by atoms with Gasteiger partial charge in [0.25, 0.3) is 0 Å². The number of aromatic nitrogens is 2. The lowest BCUT2D eigenvalue weighted by Crippen LogP contribution is -2.06. The normalized spacial score (nSPS) is 10.5. The Kier molecular flexibility index (Phi) is 2.98. The van der Waals surface area contributed by atoms with Crippen molar-refractivity contribution in [2.45, 2.75) is 6.54 Å². The zero-order chi connectivity index (χ0) is 10.8. The summed E-state index contributed by atoms with van der Waals surface area (Å²) >= 11 is 9.38. The SMILES string of the molecule is Nc1ccnn1Cc1cc(Cl)ccc1Br. The van der Waals surface area contributed by atoms with Crippen LogP contribution in [0.2, 0.25) is 5.02 Å². The quantitative estimate of drug-likeness (QED) is 0.922. The van der Waals surface area contributed by atoms with Gasteiger partial charge in [0.15, 0.2) is 0 Å². The minimum atomic E-state index is 0.611. The first-order valence-corrected chi connectivity index (χ1v) is 5.55. The number of anilines is 1. The van der Waals surface area contributed by atoms with Crippen LogP contribution in [0.1, 0.15) is 5.56 Å². The number of nitrogens with two attached hydrogens (primary N) is 1. The van der Waals surface area contributed by atoms with Gasteiger partial charge in [-0.2, -0.15) is 5.10 Å². The minimum absolute atomic E-state index is 0.611. The molecule has 0 aliphatic heterocycles. The maximum Gasteiger partial charge on any atom is 0.122 e. The molecule has 0 amide bonds. The highest BCUT2D eigenvalue weighted by atomic mass is 79.9. The standard InChI is InChI=1S/C10H9BrClN3/c11-9-2-1-8(12)5-7(9)6-15-10(13)3-4-14-15/h1-5H,6,13H2. The summed E-state index contributed by atoms with van der Waals surface area (Å²) in [6.07, 6.45) is 1.67. The van der Waals surface area contributed by atoms with Crippen molar-refractivity contribution >= 4 is 33.3 Å². The highest BCUT2D eigenvalue weighted by Crippen LogP contribution is 2.22. The second-order valence-electron chi connectivity index (χ2n) is 3.15. The van der Waals surface area contributed by atoms with E-state index in [1.165, 1.54) is 0 Å². The van der Waals surface area contributed by atoms with Crippen molar-refractivity contribution < 1.29 is 0 Å². The van der Waals surface area contributed by atoms with Gasteiger partial charge in [-0.15, -0.1) is 0 Å². The van der Waals surface area contributed by atoms with E-state index in [1.807, 2.05) is 18.2 Å². The summed E-state index contributed by atoms with van der Waals surface area (Å²) in [4.78, 5) is 0. The van der Waals surface area contributed by atoms with Crippen LogP contribution in [0.3, 0.4) is 0 Å². The van der Waals surface area contributed by atoms with Crippen molar-refractivity contribution in [2.24, 2.45) is 0 Å². The molecular weight excluding hydrogens is 277 g/mol. The summed E-state index contributed by atoms with van der Waals surface area (Å²) in [6, 6.07) is 7.41. The van der Waals surface area contributed by atoms with Crippen LogP contribution in [0.4, 0.5) is 5.82 Å². The Morgan fingerprint density at radius 3 is 2.87 bits per heavy atom. The molecule has 0 fully saturated rings. The highest BCUT2D eigenvalue weighted by Gasteiger charge is 2.04. The zero-order valence-corrected chi connectivity index (χ0v) is 10.2. The van der Waals surface area contributed by atoms with Crippen LogP contribution in [0.25, 0.3) is 0 Å². The second kappa shape index (κ2) is 4.24. The maximum atomic E-state index is 5.92. The van der Waals surface area contributed by atoms with Crippen molar-refractivity contribution in [3.05, 3.63) is 45.5 Å². The molecule has 3 nitrogen and oxygen atoms in total. The molecule has 0 bridgehead atoms. The molecule has 1 aromatic carbocycles. The van der Waals surface area contributed by atoms with E-state index in [2.05, 4.69) is 21.0 Å². The summed E-state index contributed by atoms with van der Waals surface area (Å²) in [5, 5.41) is 4.82. The molecule has 5 heteroatoms. The Labute approximate surface area is 101 Å². The molecule has 15 heavy (non-hydrogen) atoms. The molecule has 0 aliphatic carbocycles. The first-order valence-electron chi connectivity index (χ1n) is 4.38. The molecule has 2 rings (SSSR count). The Hall–Kier alpha value is -1.000. The predicted molar refractivity (Wildman–Crippen MR) is 64.9 cm³/mol. The van der Waals surface area contributed by atoms with Gasteiger partial charge < -0.3 is 5.73 Å². The van der Waals surface area contributed by atoms with Crippen LogP contribution in [-0.2, 0) is 6.54 Å². The molecule has 0 spiro atoms. The highest BCUT2D eigenvalue weighted by molar-refractivity contribution is 9.10. The molecule has 1 heterocycles. The van der Waals surface area contributed by atoms with Gasteiger partial charge in [-0.3, -0.25) is 0 Å². The van der Waals surface area contributed by atoms with Gasteiger partial charge in [-0.1, -0.05) is 27.5 Å². The van der Waals surface area contributed by atoms with Crippen LogP contribution in [0, 0.1) is 0 Å². The van der Waals surface area contributed by atoms with Crippen LogP contribution < -0.4 is 5.73 Å². The molecule has 1 aromatic heterocycles. The van der Waals surface area contributed by atoms with Gasteiger partial charge in [0.2, 0.25) is 0 Å². The first kappa shape index (κ1) is 10.5. The molecule has 0 radical (unpaired) electrons. The third-order valence-corrected chi connectivity index (χ3v) is 3.09. The average molecular weight is 287 g/mol. The Bertz CT molecular complexity index is 481. The Morgan fingerprint density at radius 1 is 1.40 bits per heavy atom. The Balaban J connectivity index is 2.32. The van der Waals surface area contributed by atoms with E-state index >= 15 is 0 Å². The predicted octanol–water partition coefficient (Wildman–Crippen LogP) is 2.93. The number of rotatable bonds is 2. The summed E-state index contributed by atoms with van der Waals surface area (Å²) in [6.45, 7) is 0.611. The fourth-order valence-corrected chi connectivity index (χ4v) is 1.87. The van der Waals surface area contributed by atoms with E-state index in [1.54, 1.807) is 16.9 Å². The van der Waals surface area contributed by atoms with E-state index in [9.17, 15) is 0 Å². The minimum Gasteiger partial charge on any atom is -0.384 e. The van der Waals surface area contributed by atoms with Crippen molar-refractivity contribution in [1.82, 2.24) is 9.78 Å². The third-order valence-electron chi connectivity index (χ3n) is 2.08. The van der Waals surface area contributed by atoms with E-state index in [4.69, 9.17) is 17.3 Å². The maximum absolute atomic E-state index is 5.92. The molecule has 78 valence electrons. The lowest BCUT2D eigenvalue weighted by atomic mass is 10.2. The summed E-state index contributed by atoms with van der Waals surface area (Å²) in [7, 11) is 0. The smallest absolute Gasteiger partial charge is 0.122 e. The molecular formula is C10H9BrClN3. The summed E-state index contributed by atoms with van der Waals surface area (Å²) in [5.41, 5.74) is 6.78. The molecule has 0 unspecified atom stereocenters. The van der Waals surface area contributed by atoms with Gasteiger partial charge in [-0.05, 0) is 29.8 Å². The van der Waals surface area contributed by atoms with E-state index in [0.717, 1.165) is 10.0 Å². The van der Waals surface area contributed by atoms with Crippen molar-refractivity contribution in [1.29, 1.82) is 0 Å². The average Bonchev–Trinajstić information content (AvgIpc) is 2.58. The van der Waals surface area contributed by atoms with Crippen LogP contribution in [0.15, 0.2) is 34.9 Å². The van der Waals surface area contributed by atoms with Crippen molar-refractivity contribution in [2.75, 3.05) is 5.73 Å². The van der Waals surface area contributed by atoms with Gasteiger partial charge in [0.05, 0.1) is 12.7 Å². The van der Waals surface area contributed by atoms with E-state index < -0.39 is 0 Å². The topological polar surface area (TPSA) is 43.8 Å². The molecule has 0 atom stereocenters. The molecule has 0 saturated heterocycles. The second-order valence-corrected chi connectivity index (χ2v) is 4.44. The number of halogens is 2. The number of nitrogen functional groups attached to an aromatic ring is 1. The van der Waals surface area contributed by atoms with Gasteiger partial charge >= 0.3 is 0 Å². The van der Waals surface area contributed by atoms with Crippen molar-refractivity contribution in [3.63, 3.8) is 0 Å². The number of hydrogen-bond donors (Lipinski definition) is 1. The van der Waals surface area contributed by atoms with Gasteiger partial charge in [0, 0.05) is 9.50 Å². The van der Waals surface area contributed by atoms with Crippen LogP contribution in [-0.4, -0.2) is 9.78 Å². The molecule has 2 aromatic rings. The largest absolute Gasteiger partial charge is 0.384 e. The number of hydrogen-bond acceptors (Lipinski definition) is 2. The third kappa shape index (κ3) is 2.33. The lowest BCUT2D eigenvalue weighted by molar-refractivity contribution is 0.695. The monoisotopic (exact) mass is 285 g/mol. The van der Waals surface area contributed by atoms with E-state index in [0.29, 0.717) is 17.4 Å². The van der Waals surface area contributed by atoms with Crippen molar-refractivity contribution in [3.8, 4) is 0 Å². The fourth-order valence-electron chi connectivity index (χ4n) is 1.30. The summed E-state index contributed by atoms with van der Waals surface area (Å²) < 4.78 is 2.72. The van der Waals surface area contributed by atoms with E-state index in [-0.39, 0.29) is 0 Å². The van der Waals surface area contributed by atoms with Crippen LogP contribution in [0.5, 0.6) is 0 Å². The summed E-state index contributed by atoms with van der Waals surface area (Å²) in [5.74, 6) is 0.641. The lowest BCUT2D eigenvalue weighted by Gasteiger charge is -2.06. The zero-order valence-electron chi connectivity index (χ0n) is 7.82.